The highest BCUT2D eigenvalue weighted by atomic mass is 79.9. The summed E-state index contributed by atoms with van der Waals surface area (Å²) in [4.78, 5) is 26.0. The molecule has 0 aromatic heterocycles. The van der Waals surface area contributed by atoms with Crippen molar-refractivity contribution < 1.29 is 9.59 Å². The van der Waals surface area contributed by atoms with Gasteiger partial charge in [-0.15, -0.1) is 0 Å². The molecule has 2 aromatic carbocycles. The van der Waals surface area contributed by atoms with E-state index in [0.717, 1.165) is 29.4 Å². The number of urea groups is 1. The molecule has 0 saturated heterocycles. The molecule has 5 nitrogen and oxygen atoms in total. The molecule has 0 radical (unpaired) electrons. The molecule has 2 N–H and O–H groups in total. The van der Waals surface area contributed by atoms with E-state index in [-0.39, 0.29) is 18.5 Å². The highest BCUT2D eigenvalue weighted by Gasteiger charge is 2.23. The third-order valence-corrected chi connectivity index (χ3v) is 4.90. The van der Waals surface area contributed by atoms with Crippen LogP contribution in [-0.4, -0.2) is 31.6 Å². The van der Waals surface area contributed by atoms with Gasteiger partial charge < -0.3 is 15.5 Å². The molecule has 0 fully saturated rings. The number of nitrogens with one attached hydrogen (secondary N) is 2. The number of fused-ring (bicyclic) bond motifs is 1. The van der Waals surface area contributed by atoms with Crippen molar-refractivity contribution in [3.63, 3.8) is 0 Å². The van der Waals surface area contributed by atoms with Crippen LogP contribution in [0.5, 0.6) is 0 Å². The number of carbonyl (C=O) groups is 2. The Balaban J connectivity index is 1.36. The predicted octanol–water partition coefficient (Wildman–Crippen LogP) is 3.27. The monoisotopic (exact) mass is 415 g/mol. The SMILES string of the molecule is O=C(NCCCc1cccc(Br)c1)NCC(=O)N1CCc2ccccc21. The zero-order valence-electron chi connectivity index (χ0n) is 14.5. The van der Waals surface area contributed by atoms with Crippen LogP contribution in [0.15, 0.2) is 53.0 Å². The Hall–Kier alpha value is -2.34. The molecule has 3 amide bonds. The number of anilines is 1. The van der Waals surface area contributed by atoms with E-state index in [1.165, 1.54) is 11.1 Å². The second kappa shape index (κ2) is 8.85. The van der Waals surface area contributed by atoms with Crippen LogP contribution in [0.25, 0.3) is 0 Å². The molecule has 26 heavy (non-hydrogen) atoms. The molecule has 0 bridgehead atoms. The van der Waals surface area contributed by atoms with Gasteiger partial charge in [-0.3, -0.25) is 4.79 Å². The third-order valence-electron chi connectivity index (χ3n) is 4.41. The maximum absolute atomic E-state index is 12.3. The van der Waals surface area contributed by atoms with Crippen molar-refractivity contribution in [1.82, 2.24) is 10.6 Å². The number of rotatable bonds is 6. The molecule has 0 spiro atoms. The maximum Gasteiger partial charge on any atom is 0.315 e. The van der Waals surface area contributed by atoms with Gasteiger partial charge in [0.25, 0.3) is 0 Å². The summed E-state index contributed by atoms with van der Waals surface area (Å²) >= 11 is 3.45. The first-order valence-electron chi connectivity index (χ1n) is 8.78. The fraction of sp³-hybridized carbons (Fsp3) is 0.300. The van der Waals surface area contributed by atoms with Gasteiger partial charge in [-0.25, -0.2) is 4.79 Å². The topological polar surface area (TPSA) is 61.4 Å². The first kappa shape index (κ1) is 18.5. The summed E-state index contributed by atoms with van der Waals surface area (Å²) < 4.78 is 1.06. The third kappa shape index (κ3) is 4.85. The standard InChI is InChI=1S/C20H22BrN3O2/c21-17-8-3-5-15(13-17)6-4-11-22-20(26)23-14-19(25)24-12-10-16-7-1-2-9-18(16)24/h1-3,5,7-9,13H,4,6,10-12,14H2,(H2,22,23,26). The molecule has 1 aliphatic rings. The number of benzene rings is 2. The molecule has 1 aliphatic heterocycles. The van der Waals surface area contributed by atoms with Crippen molar-refractivity contribution in [3.05, 3.63) is 64.1 Å². The molecule has 0 atom stereocenters. The molecule has 1 heterocycles. The summed E-state index contributed by atoms with van der Waals surface area (Å²) in [5.41, 5.74) is 3.36. The fourth-order valence-corrected chi connectivity index (χ4v) is 3.54. The van der Waals surface area contributed by atoms with E-state index in [4.69, 9.17) is 0 Å². The minimum atomic E-state index is -0.305. The van der Waals surface area contributed by atoms with Crippen LogP contribution in [0.1, 0.15) is 17.5 Å². The molecule has 136 valence electrons. The van der Waals surface area contributed by atoms with Crippen LogP contribution in [0.2, 0.25) is 0 Å². The van der Waals surface area contributed by atoms with Crippen LogP contribution in [0.3, 0.4) is 0 Å². The summed E-state index contributed by atoms with van der Waals surface area (Å²) in [6.45, 7) is 1.25. The first-order valence-corrected chi connectivity index (χ1v) is 9.57. The minimum absolute atomic E-state index is 0.00575. The van der Waals surface area contributed by atoms with E-state index in [1.54, 1.807) is 4.90 Å². The molecular formula is C20H22BrN3O2. The molecule has 3 rings (SSSR count). The van der Waals surface area contributed by atoms with Crippen molar-refractivity contribution >= 4 is 33.6 Å². The van der Waals surface area contributed by atoms with E-state index < -0.39 is 0 Å². The average Bonchev–Trinajstić information content (AvgIpc) is 3.07. The van der Waals surface area contributed by atoms with E-state index in [0.29, 0.717) is 13.1 Å². The maximum atomic E-state index is 12.3. The van der Waals surface area contributed by atoms with Gasteiger partial charge in [0.2, 0.25) is 5.91 Å². The van der Waals surface area contributed by atoms with Gasteiger partial charge in [-0.05, 0) is 48.6 Å². The van der Waals surface area contributed by atoms with Gasteiger partial charge in [-0.2, -0.15) is 0 Å². The number of nitrogens with zero attached hydrogens (tertiary/aromatic N) is 1. The Labute approximate surface area is 161 Å². The fourth-order valence-electron chi connectivity index (χ4n) is 3.10. The van der Waals surface area contributed by atoms with Gasteiger partial charge in [-0.1, -0.05) is 46.3 Å². The molecule has 6 heteroatoms. The number of aryl methyl sites for hydroxylation is 1. The van der Waals surface area contributed by atoms with Crippen LogP contribution < -0.4 is 15.5 Å². The van der Waals surface area contributed by atoms with E-state index >= 15 is 0 Å². The number of hydrogen-bond donors (Lipinski definition) is 2. The zero-order chi connectivity index (χ0) is 18.4. The Bertz CT molecular complexity index is 794. The summed E-state index contributed by atoms with van der Waals surface area (Å²) in [6.07, 6.45) is 2.60. The van der Waals surface area contributed by atoms with Crippen molar-refractivity contribution in [1.29, 1.82) is 0 Å². The van der Waals surface area contributed by atoms with Crippen molar-refractivity contribution in [2.45, 2.75) is 19.3 Å². The normalized spacial score (nSPS) is 12.6. The van der Waals surface area contributed by atoms with Crippen LogP contribution in [-0.2, 0) is 17.6 Å². The number of carbonyl (C=O) groups excluding carboxylic acids is 2. The summed E-state index contributed by atoms with van der Waals surface area (Å²) in [5, 5.41) is 5.45. The van der Waals surface area contributed by atoms with Gasteiger partial charge in [0.1, 0.15) is 0 Å². The zero-order valence-corrected chi connectivity index (χ0v) is 16.1. The highest BCUT2D eigenvalue weighted by Crippen LogP contribution is 2.27. The Morgan fingerprint density at radius 3 is 2.77 bits per heavy atom. The lowest BCUT2D eigenvalue weighted by atomic mass is 10.1. The number of hydrogen-bond acceptors (Lipinski definition) is 2. The Morgan fingerprint density at radius 1 is 1.08 bits per heavy atom. The van der Waals surface area contributed by atoms with E-state index in [2.05, 4.69) is 38.7 Å². The lowest BCUT2D eigenvalue weighted by molar-refractivity contribution is -0.117. The summed E-state index contributed by atoms with van der Waals surface area (Å²) in [6, 6.07) is 15.7. The molecule has 0 aliphatic carbocycles. The summed E-state index contributed by atoms with van der Waals surface area (Å²) in [5.74, 6) is -0.0840. The van der Waals surface area contributed by atoms with Crippen LogP contribution in [0, 0.1) is 0 Å². The number of halogens is 1. The second-order valence-electron chi connectivity index (χ2n) is 6.27. The lowest BCUT2D eigenvalue weighted by Crippen LogP contribution is -2.43. The average molecular weight is 416 g/mol. The van der Waals surface area contributed by atoms with Crippen molar-refractivity contribution in [2.24, 2.45) is 0 Å². The smallest absolute Gasteiger partial charge is 0.315 e. The lowest BCUT2D eigenvalue weighted by Gasteiger charge is -2.17. The summed E-state index contributed by atoms with van der Waals surface area (Å²) in [7, 11) is 0. The Kier molecular flexibility index (Phi) is 6.28. The van der Waals surface area contributed by atoms with Gasteiger partial charge in [0.05, 0.1) is 6.54 Å². The molecule has 0 saturated carbocycles. The molecular weight excluding hydrogens is 394 g/mol. The van der Waals surface area contributed by atoms with Gasteiger partial charge >= 0.3 is 6.03 Å². The van der Waals surface area contributed by atoms with Crippen LogP contribution in [0.4, 0.5) is 10.5 Å². The van der Waals surface area contributed by atoms with Gasteiger partial charge in [0.15, 0.2) is 0 Å². The van der Waals surface area contributed by atoms with E-state index in [9.17, 15) is 9.59 Å². The van der Waals surface area contributed by atoms with Gasteiger partial charge in [0, 0.05) is 23.2 Å². The largest absolute Gasteiger partial charge is 0.338 e. The second-order valence-corrected chi connectivity index (χ2v) is 7.18. The predicted molar refractivity (Wildman–Crippen MR) is 106 cm³/mol. The molecule has 2 aromatic rings. The highest BCUT2D eigenvalue weighted by molar-refractivity contribution is 9.10. The van der Waals surface area contributed by atoms with Crippen molar-refractivity contribution in [3.8, 4) is 0 Å². The molecule has 0 unspecified atom stereocenters. The Morgan fingerprint density at radius 2 is 1.92 bits per heavy atom. The quantitative estimate of drug-likeness (QED) is 0.711. The minimum Gasteiger partial charge on any atom is -0.338 e. The van der Waals surface area contributed by atoms with E-state index in [1.807, 2.05) is 36.4 Å². The first-order chi connectivity index (χ1) is 12.6. The van der Waals surface area contributed by atoms with Crippen LogP contribution >= 0.6 is 15.9 Å². The number of para-hydroxylation sites is 1. The number of amides is 3. The van der Waals surface area contributed by atoms with Crippen molar-refractivity contribution in [2.75, 3.05) is 24.5 Å².